The van der Waals surface area contributed by atoms with Gasteiger partial charge in [0.05, 0.1) is 0 Å². The van der Waals surface area contributed by atoms with Crippen molar-refractivity contribution in [1.29, 1.82) is 0 Å². The van der Waals surface area contributed by atoms with Crippen LogP contribution in [0.15, 0.2) is 12.2 Å². The van der Waals surface area contributed by atoms with Gasteiger partial charge in [0, 0.05) is 3.92 Å². The number of fused-ring (bicyclic) bond motifs is 5. The monoisotopic (exact) mass is 260 g/mol. The summed E-state index contributed by atoms with van der Waals surface area (Å²) in [5, 5.41) is 0. The van der Waals surface area contributed by atoms with Crippen LogP contribution in [-0.2, 0) is 0 Å². The molecule has 3 aliphatic carbocycles. The zero-order chi connectivity index (χ0) is 7.42. The van der Waals surface area contributed by atoms with Crippen LogP contribution in [0.2, 0.25) is 0 Å². The van der Waals surface area contributed by atoms with Gasteiger partial charge in [-0.25, -0.2) is 0 Å². The van der Waals surface area contributed by atoms with Gasteiger partial charge < -0.3 is 0 Å². The molecule has 1 heteroatoms. The minimum atomic E-state index is 0.996. The summed E-state index contributed by atoms with van der Waals surface area (Å²) < 4.78 is 1.00. The highest BCUT2D eigenvalue weighted by atomic mass is 127. The van der Waals surface area contributed by atoms with Crippen molar-refractivity contribution in [2.75, 3.05) is 0 Å². The summed E-state index contributed by atoms with van der Waals surface area (Å²) >= 11 is 2.67. The van der Waals surface area contributed by atoms with E-state index < -0.39 is 0 Å². The molecular weight excluding hydrogens is 247 g/mol. The Labute approximate surface area is 81.6 Å². The molecule has 2 saturated carbocycles. The van der Waals surface area contributed by atoms with Gasteiger partial charge in [-0.15, -0.1) is 0 Å². The molecule has 3 aliphatic rings. The molecule has 2 fully saturated rings. The Hall–Kier alpha value is 0.470. The highest BCUT2D eigenvalue weighted by Crippen LogP contribution is 2.58. The van der Waals surface area contributed by atoms with E-state index in [1.54, 1.807) is 6.42 Å². The SMILES string of the molecule is IC1CC2CC1C1C=CCC21. The van der Waals surface area contributed by atoms with Crippen LogP contribution in [0.25, 0.3) is 0 Å². The molecular formula is C10H13I. The van der Waals surface area contributed by atoms with Gasteiger partial charge in [0.1, 0.15) is 0 Å². The first-order valence-corrected chi connectivity index (χ1v) is 5.91. The standard InChI is InChI=1S/C10H13I/c11-10-5-6-4-9(10)8-3-1-2-7(6)8/h1,3,6-10H,2,4-5H2. The third-order valence-corrected chi connectivity index (χ3v) is 5.36. The number of hydrogen-bond acceptors (Lipinski definition) is 0. The zero-order valence-corrected chi connectivity index (χ0v) is 8.70. The quantitative estimate of drug-likeness (QED) is 0.357. The Morgan fingerprint density at radius 3 is 3.00 bits per heavy atom. The molecule has 0 aromatic heterocycles. The van der Waals surface area contributed by atoms with Gasteiger partial charge in [-0.3, -0.25) is 0 Å². The van der Waals surface area contributed by atoms with E-state index in [1.165, 1.54) is 12.8 Å². The van der Waals surface area contributed by atoms with E-state index in [1.807, 2.05) is 0 Å². The van der Waals surface area contributed by atoms with Crippen LogP contribution in [0.5, 0.6) is 0 Å². The molecule has 2 bridgehead atoms. The van der Waals surface area contributed by atoms with Gasteiger partial charge in [0.25, 0.3) is 0 Å². The van der Waals surface area contributed by atoms with Crippen molar-refractivity contribution in [3.63, 3.8) is 0 Å². The van der Waals surface area contributed by atoms with Crippen molar-refractivity contribution in [3.8, 4) is 0 Å². The van der Waals surface area contributed by atoms with Gasteiger partial charge in [0.2, 0.25) is 0 Å². The molecule has 60 valence electrons. The molecule has 0 spiro atoms. The molecule has 0 saturated heterocycles. The Balaban J connectivity index is 1.94. The first kappa shape index (κ1) is 6.93. The molecule has 0 amide bonds. The van der Waals surface area contributed by atoms with Gasteiger partial charge in [-0.05, 0) is 42.9 Å². The fraction of sp³-hybridized carbons (Fsp3) is 0.800. The average Bonchev–Trinajstić information content (AvgIpc) is 2.52. The van der Waals surface area contributed by atoms with Crippen molar-refractivity contribution in [1.82, 2.24) is 0 Å². The maximum Gasteiger partial charge on any atom is 0.0146 e. The van der Waals surface area contributed by atoms with E-state index in [0.717, 1.165) is 27.6 Å². The third-order valence-electron chi connectivity index (χ3n) is 3.93. The van der Waals surface area contributed by atoms with E-state index in [9.17, 15) is 0 Å². The second-order valence-corrected chi connectivity index (χ2v) is 5.92. The number of halogens is 1. The van der Waals surface area contributed by atoms with Crippen LogP contribution in [0.4, 0.5) is 0 Å². The summed E-state index contributed by atoms with van der Waals surface area (Å²) in [5.74, 6) is 4.23. The van der Waals surface area contributed by atoms with Gasteiger partial charge in [-0.2, -0.15) is 0 Å². The zero-order valence-electron chi connectivity index (χ0n) is 6.54. The average molecular weight is 260 g/mol. The minimum absolute atomic E-state index is 0.996. The molecule has 5 unspecified atom stereocenters. The van der Waals surface area contributed by atoms with Crippen molar-refractivity contribution in [3.05, 3.63) is 12.2 Å². The predicted molar refractivity (Wildman–Crippen MR) is 54.8 cm³/mol. The summed E-state index contributed by atoms with van der Waals surface area (Å²) in [7, 11) is 0. The molecule has 0 radical (unpaired) electrons. The second-order valence-electron chi connectivity index (χ2n) is 4.32. The lowest BCUT2D eigenvalue weighted by molar-refractivity contribution is 0.297. The van der Waals surface area contributed by atoms with Crippen LogP contribution in [0, 0.1) is 23.7 Å². The summed E-state index contributed by atoms with van der Waals surface area (Å²) in [5.41, 5.74) is 0. The first-order chi connectivity index (χ1) is 5.36. The Morgan fingerprint density at radius 1 is 1.18 bits per heavy atom. The Morgan fingerprint density at radius 2 is 2.09 bits per heavy atom. The molecule has 11 heavy (non-hydrogen) atoms. The molecule has 0 aliphatic heterocycles. The fourth-order valence-electron chi connectivity index (χ4n) is 3.46. The Bertz CT molecular complexity index is 209. The summed E-state index contributed by atoms with van der Waals surface area (Å²) in [6, 6.07) is 0. The van der Waals surface area contributed by atoms with Gasteiger partial charge in [-0.1, -0.05) is 34.7 Å². The number of alkyl halides is 1. The molecule has 0 aromatic rings. The fourth-order valence-corrected chi connectivity index (χ4v) is 4.89. The highest BCUT2D eigenvalue weighted by Gasteiger charge is 2.51. The van der Waals surface area contributed by atoms with E-state index >= 15 is 0 Å². The third kappa shape index (κ3) is 0.809. The van der Waals surface area contributed by atoms with Gasteiger partial charge >= 0.3 is 0 Å². The molecule has 0 nitrogen and oxygen atoms in total. The van der Waals surface area contributed by atoms with Crippen molar-refractivity contribution >= 4 is 22.6 Å². The highest BCUT2D eigenvalue weighted by molar-refractivity contribution is 14.1. The molecule has 5 atom stereocenters. The predicted octanol–water partition coefficient (Wildman–Crippen LogP) is 3.02. The lowest BCUT2D eigenvalue weighted by Crippen LogP contribution is -2.23. The largest absolute Gasteiger partial charge is 0.0879 e. The van der Waals surface area contributed by atoms with Crippen LogP contribution in [0.1, 0.15) is 19.3 Å². The van der Waals surface area contributed by atoms with Crippen LogP contribution in [0.3, 0.4) is 0 Å². The molecule has 0 aromatic carbocycles. The minimum Gasteiger partial charge on any atom is -0.0879 e. The maximum atomic E-state index is 2.67. The van der Waals surface area contributed by atoms with Crippen molar-refractivity contribution in [2.45, 2.75) is 23.2 Å². The number of rotatable bonds is 0. The summed E-state index contributed by atoms with van der Waals surface area (Å²) in [4.78, 5) is 0. The van der Waals surface area contributed by atoms with E-state index in [4.69, 9.17) is 0 Å². The molecule has 0 N–H and O–H groups in total. The maximum absolute atomic E-state index is 2.67. The first-order valence-electron chi connectivity index (χ1n) is 4.67. The Kier molecular flexibility index (Phi) is 1.41. The van der Waals surface area contributed by atoms with E-state index in [-0.39, 0.29) is 0 Å². The van der Waals surface area contributed by atoms with Gasteiger partial charge in [0.15, 0.2) is 0 Å². The summed E-state index contributed by atoms with van der Waals surface area (Å²) in [6.45, 7) is 0. The van der Waals surface area contributed by atoms with E-state index in [2.05, 4.69) is 34.7 Å². The van der Waals surface area contributed by atoms with Crippen LogP contribution in [-0.4, -0.2) is 3.92 Å². The van der Waals surface area contributed by atoms with Crippen molar-refractivity contribution in [2.24, 2.45) is 23.7 Å². The van der Waals surface area contributed by atoms with Crippen LogP contribution < -0.4 is 0 Å². The second kappa shape index (κ2) is 2.24. The summed E-state index contributed by atoms with van der Waals surface area (Å²) in [6.07, 6.45) is 9.39. The number of hydrogen-bond donors (Lipinski definition) is 0. The molecule has 3 rings (SSSR count). The molecule has 0 heterocycles. The smallest absolute Gasteiger partial charge is 0.0146 e. The normalized spacial score (nSPS) is 58.8. The van der Waals surface area contributed by atoms with Crippen molar-refractivity contribution < 1.29 is 0 Å². The van der Waals surface area contributed by atoms with E-state index in [0.29, 0.717) is 0 Å². The topological polar surface area (TPSA) is 0 Å². The van der Waals surface area contributed by atoms with Crippen LogP contribution >= 0.6 is 22.6 Å². The number of allylic oxidation sites excluding steroid dienone is 2. The lowest BCUT2D eigenvalue weighted by atomic mass is 9.81. The lowest BCUT2D eigenvalue weighted by Gasteiger charge is -2.27.